The monoisotopic (exact) mass is 207 g/mol. The van der Waals surface area contributed by atoms with Gasteiger partial charge in [-0.1, -0.05) is 31.1 Å². The molecule has 0 aromatic heterocycles. The Bertz CT molecular complexity index is 309. The van der Waals surface area contributed by atoms with Crippen molar-refractivity contribution < 1.29 is 9.90 Å². The molecule has 0 rings (SSSR count). The summed E-state index contributed by atoms with van der Waals surface area (Å²) < 4.78 is 0. The molecule has 0 amide bonds. The first kappa shape index (κ1) is 13.6. The van der Waals surface area contributed by atoms with Crippen molar-refractivity contribution in [2.45, 2.75) is 12.0 Å². The Kier molecular flexibility index (Phi) is 5.61. The van der Waals surface area contributed by atoms with Crippen LogP contribution in [0.25, 0.3) is 0 Å². The molecule has 3 heteroatoms. The highest BCUT2D eigenvalue weighted by atomic mass is 16.3. The van der Waals surface area contributed by atoms with Crippen molar-refractivity contribution in [1.29, 1.82) is 0 Å². The number of rotatable bonds is 5. The van der Waals surface area contributed by atoms with Crippen LogP contribution < -0.4 is 0 Å². The second-order valence-corrected chi connectivity index (χ2v) is 3.57. The summed E-state index contributed by atoms with van der Waals surface area (Å²) in [5.74, 6) is 5.08. The van der Waals surface area contributed by atoms with E-state index >= 15 is 0 Å². The molecule has 1 unspecified atom stereocenters. The number of hydrogen-bond acceptors (Lipinski definition) is 3. The molecule has 0 aromatic rings. The lowest BCUT2D eigenvalue weighted by Crippen LogP contribution is -2.33. The summed E-state index contributed by atoms with van der Waals surface area (Å²) in [7, 11) is 3.72. The molecule has 1 N–H and O–H groups in total. The normalized spacial score (nSPS) is 13.6. The fourth-order valence-electron chi connectivity index (χ4n) is 0.784. The number of hydrogen-bond donors (Lipinski definition) is 1. The molecule has 0 aliphatic rings. The van der Waals surface area contributed by atoms with Gasteiger partial charge in [-0.3, -0.25) is 4.79 Å². The zero-order chi connectivity index (χ0) is 11.9. The summed E-state index contributed by atoms with van der Waals surface area (Å²) in [6.45, 7) is 7.65. The van der Waals surface area contributed by atoms with Crippen LogP contribution in [0.4, 0.5) is 0 Å². The molecule has 0 saturated carbocycles. The quantitative estimate of drug-likeness (QED) is 0.408. The van der Waals surface area contributed by atoms with Crippen LogP contribution in [0.3, 0.4) is 0 Å². The second kappa shape index (κ2) is 6.18. The maximum atomic E-state index is 10.7. The Hall–Kier alpha value is -1.37. The standard InChI is InChI=1S/C12H17NO2/c1-5-11(2)6-7-12(15,10-14)8-9-13(3)4/h5,10,15H,1-2,8-9H2,3-4H3. The van der Waals surface area contributed by atoms with Gasteiger partial charge < -0.3 is 10.0 Å². The first-order valence-corrected chi connectivity index (χ1v) is 4.61. The topological polar surface area (TPSA) is 40.5 Å². The van der Waals surface area contributed by atoms with Crippen molar-refractivity contribution in [2.24, 2.45) is 0 Å². The Morgan fingerprint density at radius 1 is 1.60 bits per heavy atom. The first-order chi connectivity index (χ1) is 6.93. The van der Waals surface area contributed by atoms with Crippen LogP contribution >= 0.6 is 0 Å². The molecular formula is C12H17NO2. The van der Waals surface area contributed by atoms with Crippen LogP contribution in [0, 0.1) is 11.8 Å². The predicted octanol–water partition coefficient (Wildman–Crippen LogP) is 0.614. The van der Waals surface area contributed by atoms with E-state index in [9.17, 15) is 9.90 Å². The highest BCUT2D eigenvalue weighted by Crippen LogP contribution is 2.06. The first-order valence-electron chi connectivity index (χ1n) is 4.61. The van der Waals surface area contributed by atoms with Gasteiger partial charge in [0.2, 0.25) is 0 Å². The summed E-state index contributed by atoms with van der Waals surface area (Å²) in [4.78, 5) is 12.6. The van der Waals surface area contributed by atoms with Crippen LogP contribution in [-0.2, 0) is 4.79 Å². The maximum absolute atomic E-state index is 10.7. The SMILES string of the molecule is C=CC(=C)C#CC(O)(C=O)CCN(C)C. The molecule has 1 atom stereocenters. The molecule has 0 spiro atoms. The van der Waals surface area contributed by atoms with E-state index in [1.807, 2.05) is 19.0 Å². The molecule has 0 aliphatic carbocycles. The van der Waals surface area contributed by atoms with Gasteiger partial charge in [0.15, 0.2) is 11.9 Å². The van der Waals surface area contributed by atoms with E-state index in [4.69, 9.17) is 0 Å². The number of carbonyl (C=O) groups is 1. The summed E-state index contributed by atoms with van der Waals surface area (Å²) >= 11 is 0. The number of nitrogens with zero attached hydrogens (tertiary/aromatic N) is 1. The Morgan fingerprint density at radius 2 is 2.20 bits per heavy atom. The van der Waals surface area contributed by atoms with Crippen LogP contribution in [0.2, 0.25) is 0 Å². The van der Waals surface area contributed by atoms with Crippen molar-refractivity contribution in [3.05, 3.63) is 24.8 Å². The summed E-state index contributed by atoms with van der Waals surface area (Å²) in [6.07, 6.45) is 2.21. The van der Waals surface area contributed by atoms with Crippen LogP contribution in [0.5, 0.6) is 0 Å². The van der Waals surface area contributed by atoms with E-state index in [-0.39, 0.29) is 6.42 Å². The van der Waals surface area contributed by atoms with E-state index in [0.29, 0.717) is 18.4 Å². The van der Waals surface area contributed by atoms with E-state index < -0.39 is 5.60 Å². The van der Waals surface area contributed by atoms with Crippen molar-refractivity contribution in [3.8, 4) is 11.8 Å². The molecule has 3 nitrogen and oxygen atoms in total. The smallest absolute Gasteiger partial charge is 0.182 e. The highest BCUT2D eigenvalue weighted by Gasteiger charge is 2.22. The molecule has 0 heterocycles. The maximum Gasteiger partial charge on any atom is 0.182 e. The summed E-state index contributed by atoms with van der Waals surface area (Å²) in [6, 6.07) is 0. The predicted molar refractivity (Wildman–Crippen MR) is 61.3 cm³/mol. The molecule has 82 valence electrons. The van der Waals surface area contributed by atoms with Gasteiger partial charge in [0.25, 0.3) is 0 Å². The minimum atomic E-state index is -1.59. The van der Waals surface area contributed by atoms with E-state index in [2.05, 4.69) is 25.0 Å². The van der Waals surface area contributed by atoms with E-state index in [1.54, 1.807) is 0 Å². The zero-order valence-electron chi connectivity index (χ0n) is 9.29. The lowest BCUT2D eigenvalue weighted by molar-refractivity contribution is -0.119. The number of carbonyl (C=O) groups excluding carboxylic acids is 1. The van der Waals surface area contributed by atoms with E-state index in [0.717, 1.165) is 0 Å². The molecule has 0 aromatic carbocycles. The average Bonchev–Trinajstić information content (AvgIpc) is 2.23. The molecule has 0 radical (unpaired) electrons. The molecule has 0 fully saturated rings. The Balaban J connectivity index is 4.54. The van der Waals surface area contributed by atoms with Crippen LogP contribution in [-0.4, -0.2) is 42.5 Å². The fourth-order valence-corrected chi connectivity index (χ4v) is 0.784. The Labute approximate surface area is 91.1 Å². The minimum absolute atomic E-state index is 0.279. The lowest BCUT2D eigenvalue weighted by atomic mass is 10.0. The molecule has 15 heavy (non-hydrogen) atoms. The average molecular weight is 207 g/mol. The fraction of sp³-hybridized carbons (Fsp3) is 0.417. The van der Waals surface area contributed by atoms with Gasteiger partial charge in [-0.2, -0.15) is 0 Å². The number of aliphatic hydroxyl groups is 1. The molecule has 0 aliphatic heterocycles. The van der Waals surface area contributed by atoms with Crippen molar-refractivity contribution in [3.63, 3.8) is 0 Å². The van der Waals surface area contributed by atoms with Gasteiger partial charge in [0.05, 0.1) is 0 Å². The second-order valence-electron chi connectivity index (χ2n) is 3.57. The largest absolute Gasteiger partial charge is 0.371 e. The van der Waals surface area contributed by atoms with Gasteiger partial charge >= 0.3 is 0 Å². The van der Waals surface area contributed by atoms with Gasteiger partial charge in [-0.25, -0.2) is 0 Å². The van der Waals surface area contributed by atoms with Crippen LogP contribution in [0.1, 0.15) is 6.42 Å². The zero-order valence-corrected chi connectivity index (χ0v) is 9.29. The van der Waals surface area contributed by atoms with Gasteiger partial charge in [0.1, 0.15) is 0 Å². The third-order valence-electron chi connectivity index (χ3n) is 1.82. The third-order valence-corrected chi connectivity index (χ3v) is 1.82. The number of allylic oxidation sites excluding steroid dienone is 2. The van der Waals surface area contributed by atoms with Crippen molar-refractivity contribution in [2.75, 3.05) is 20.6 Å². The van der Waals surface area contributed by atoms with Crippen molar-refractivity contribution in [1.82, 2.24) is 4.90 Å². The molecule has 0 bridgehead atoms. The van der Waals surface area contributed by atoms with E-state index in [1.165, 1.54) is 6.08 Å². The summed E-state index contributed by atoms with van der Waals surface area (Å²) in [5, 5.41) is 9.77. The van der Waals surface area contributed by atoms with Crippen LogP contribution in [0.15, 0.2) is 24.8 Å². The van der Waals surface area contributed by atoms with Gasteiger partial charge in [0, 0.05) is 18.5 Å². The van der Waals surface area contributed by atoms with Gasteiger partial charge in [-0.15, -0.1) is 0 Å². The third kappa shape index (κ3) is 5.84. The van der Waals surface area contributed by atoms with Gasteiger partial charge in [-0.05, 0) is 14.1 Å². The Morgan fingerprint density at radius 3 is 2.60 bits per heavy atom. The molecular weight excluding hydrogens is 190 g/mol. The number of aldehydes is 1. The summed E-state index contributed by atoms with van der Waals surface area (Å²) in [5.41, 5.74) is -1.10. The van der Waals surface area contributed by atoms with Crippen molar-refractivity contribution >= 4 is 6.29 Å². The highest BCUT2D eigenvalue weighted by molar-refractivity contribution is 5.68. The minimum Gasteiger partial charge on any atom is -0.371 e. The molecule has 0 saturated heterocycles. The lowest BCUT2D eigenvalue weighted by Gasteiger charge is -2.17.